The fraction of sp³-hybridized carbons (Fsp3) is 0.500. The van der Waals surface area contributed by atoms with Gasteiger partial charge in [0.1, 0.15) is 0 Å². The van der Waals surface area contributed by atoms with E-state index in [2.05, 4.69) is 0 Å². The molecule has 0 fully saturated rings. The lowest BCUT2D eigenvalue weighted by molar-refractivity contribution is -0.378. The Labute approximate surface area is 269 Å². The van der Waals surface area contributed by atoms with Crippen LogP contribution >= 0.6 is 0 Å². The average molecular weight is 820 g/mol. The topological polar surface area (TPSA) is 80.9 Å². The number of halogens is 24. The van der Waals surface area contributed by atoms with E-state index in [-0.39, 0.29) is 18.2 Å². The number of alkyl halides is 24. The van der Waals surface area contributed by atoms with Crippen molar-refractivity contribution in [3.05, 3.63) is 70.8 Å². The van der Waals surface area contributed by atoms with Crippen molar-refractivity contribution in [2.24, 2.45) is 0 Å². The molecule has 0 aliphatic carbocycles. The first kappa shape index (κ1) is 46.6. The number of hydrogen-bond acceptors (Lipinski definition) is 4. The quantitative estimate of drug-likeness (QED) is 0.233. The maximum absolute atomic E-state index is 12.7. The molecular formula is C24H12F24O4. The standard InChI is InChI=1S/2C12H6F12O2/c13-9(14,15)7(25,10(16,17)18)5-1-2-6(4-3-5)8(26,11(19,20)21)12(22,23)24;13-9(14,15)7(25,10(16,17)18)5-2-1-3-6(4-5)8(26,11(19,20)21)12(22,23)24/h2*1-4,25-26H. The molecule has 0 aliphatic heterocycles. The molecule has 2 aromatic carbocycles. The van der Waals surface area contributed by atoms with Crippen molar-refractivity contribution in [3.63, 3.8) is 0 Å². The van der Waals surface area contributed by atoms with Gasteiger partial charge in [-0.25, -0.2) is 0 Å². The van der Waals surface area contributed by atoms with Gasteiger partial charge in [0, 0.05) is 22.3 Å². The van der Waals surface area contributed by atoms with Crippen LogP contribution in [-0.2, 0) is 22.4 Å². The summed E-state index contributed by atoms with van der Waals surface area (Å²) in [6.07, 6.45) is -51.7. The summed E-state index contributed by atoms with van der Waals surface area (Å²) in [5, 5.41) is 36.1. The van der Waals surface area contributed by atoms with Crippen LogP contribution in [0.2, 0.25) is 0 Å². The summed E-state index contributed by atoms with van der Waals surface area (Å²) in [7, 11) is 0. The Morgan fingerprint density at radius 1 is 0.250 bits per heavy atom. The van der Waals surface area contributed by atoms with Crippen molar-refractivity contribution < 1.29 is 126 Å². The van der Waals surface area contributed by atoms with Crippen LogP contribution in [0.15, 0.2) is 48.5 Å². The molecule has 300 valence electrons. The molecule has 2 rings (SSSR count). The first-order valence-corrected chi connectivity index (χ1v) is 12.1. The van der Waals surface area contributed by atoms with E-state index in [1.165, 1.54) is 0 Å². The monoisotopic (exact) mass is 820 g/mol. The van der Waals surface area contributed by atoms with Gasteiger partial charge in [0.15, 0.2) is 0 Å². The first-order valence-electron chi connectivity index (χ1n) is 12.1. The molecule has 0 radical (unpaired) electrons. The third-order valence-electron chi connectivity index (χ3n) is 6.70. The molecule has 4 N–H and O–H groups in total. The molecule has 52 heavy (non-hydrogen) atoms. The van der Waals surface area contributed by atoms with Crippen molar-refractivity contribution >= 4 is 0 Å². The predicted molar refractivity (Wildman–Crippen MR) is 117 cm³/mol. The summed E-state index contributed by atoms with van der Waals surface area (Å²) in [5.74, 6) is 0. The van der Waals surface area contributed by atoms with Crippen molar-refractivity contribution in [1.82, 2.24) is 0 Å². The Hall–Kier alpha value is -3.40. The molecule has 0 spiro atoms. The third kappa shape index (κ3) is 7.64. The van der Waals surface area contributed by atoms with Crippen molar-refractivity contribution in [2.45, 2.75) is 71.8 Å². The van der Waals surface area contributed by atoms with E-state index in [4.69, 9.17) is 20.4 Å². The van der Waals surface area contributed by atoms with Crippen LogP contribution in [0.5, 0.6) is 0 Å². The highest BCUT2D eigenvalue weighted by atomic mass is 19.4. The van der Waals surface area contributed by atoms with Gasteiger partial charge in [-0.2, -0.15) is 105 Å². The Morgan fingerprint density at radius 2 is 0.404 bits per heavy atom. The summed E-state index contributed by atoms with van der Waals surface area (Å²) in [5.41, 5.74) is -31.6. The number of aliphatic hydroxyl groups is 4. The van der Waals surface area contributed by atoms with Crippen molar-refractivity contribution in [2.75, 3.05) is 0 Å². The Morgan fingerprint density at radius 3 is 0.558 bits per heavy atom. The molecule has 0 aromatic heterocycles. The van der Waals surface area contributed by atoms with Gasteiger partial charge in [-0.15, -0.1) is 0 Å². The molecule has 0 unspecified atom stereocenters. The minimum Gasteiger partial charge on any atom is -0.369 e. The van der Waals surface area contributed by atoms with Gasteiger partial charge in [0.05, 0.1) is 0 Å². The summed E-state index contributed by atoms with van der Waals surface area (Å²) in [6.45, 7) is 0. The molecule has 4 nitrogen and oxygen atoms in total. The van der Waals surface area contributed by atoms with Crippen LogP contribution in [0.25, 0.3) is 0 Å². The van der Waals surface area contributed by atoms with Crippen LogP contribution in [-0.4, -0.2) is 69.8 Å². The van der Waals surface area contributed by atoms with E-state index in [9.17, 15) is 105 Å². The summed E-state index contributed by atoms with van der Waals surface area (Å²) >= 11 is 0. The Balaban J connectivity index is 0.000000520. The Bertz CT molecular complexity index is 1350. The molecule has 0 saturated heterocycles. The van der Waals surface area contributed by atoms with E-state index in [1.807, 2.05) is 0 Å². The van der Waals surface area contributed by atoms with E-state index >= 15 is 0 Å². The summed E-state index contributed by atoms with van der Waals surface area (Å²) < 4.78 is 304. The van der Waals surface area contributed by atoms with Crippen molar-refractivity contribution in [3.8, 4) is 0 Å². The number of benzene rings is 2. The zero-order valence-electron chi connectivity index (χ0n) is 23.5. The molecular weight excluding hydrogens is 808 g/mol. The highest BCUT2D eigenvalue weighted by molar-refractivity contribution is 5.37. The van der Waals surface area contributed by atoms with E-state index in [0.29, 0.717) is 0 Å². The highest BCUT2D eigenvalue weighted by Gasteiger charge is 2.75. The molecule has 0 aliphatic rings. The lowest BCUT2D eigenvalue weighted by atomic mass is 9.85. The zero-order chi connectivity index (χ0) is 42.0. The second kappa shape index (κ2) is 13.2. The highest BCUT2D eigenvalue weighted by Crippen LogP contribution is 2.55. The van der Waals surface area contributed by atoms with Gasteiger partial charge in [-0.3, -0.25) is 0 Å². The van der Waals surface area contributed by atoms with Gasteiger partial charge in [0.25, 0.3) is 22.4 Å². The molecule has 0 heterocycles. The maximum atomic E-state index is 12.7. The lowest BCUT2D eigenvalue weighted by Gasteiger charge is -2.35. The Kier molecular flexibility index (Phi) is 11.8. The van der Waals surface area contributed by atoms with Gasteiger partial charge in [-0.1, -0.05) is 42.5 Å². The fourth-order valence-corrected chi connectivity index (χ4v) is 3.87. The SMILES string of the molecule is OC(c1ccc(C(O)(C(F)(F)F)C(F)(F)F)cc1)(C(F)(F)F)C(F)(F)F.OC(c1cccc(C(O)(C(F)(F)F)C(F)(F)F)c1)(C(F)(F)F)C(F)(F)F. The van der Waals surface area contributed by atoms with Gasteiger partial charge >= 0.3 is 49.4 Å². The van der Waals surface area contributed by atoms with Gasteiger partial charge < -0.3 is 20.4 Å². The van der Waals surface area contributed by atoms with Crippen LogP contribution < -0.4 is 0 Å². The molecule has 0 bridgehead atoms. The molecule has 0 saturated carbocycles. The molecule has 0 atom stereocenters. The zero-order valence-corrected chi connectivity index (χ0v) is 23.5. The fourth-order valence-electron chi connectivity index (χ4n) is 3.87. The molecule has 28 heteroatoms. The minimum atomic E-state index is -6.54. The van der Waals surface area contributed by atoms with Gasteiger partial charge in [0.2, 0.25) is 0 Å². The minimum absolute atomic E-state index is 0.0322. The molecule has 0 amide bonds. The second-order valence-corrected chi connectivity index (χ2v) is 9.98. The average Bonchev–Trinajstić information content (AvgIpc) is 2.91. The van der Waals surface area contributed by atoms with Crippen molar-refractivity contribution in [1.29, 1.82) is 0 Å². The van der Waals surface area contributed by atoms with Gasteiger partial charge in [-0.05, 0) is 6.07 Å². The lowest BCUT2D eigenvalue weighted by Crippen LogP contribution is -2.55. The van der Waals surface area contributed by atoms with E-state index < -0.39 is 124 Å². The number of hydrogen-bond donors (Lipinski definition) is 4. The smallest absolute Gasteiger partial charge is 0.369 e. The van der Waals surface area contributed by atoms with Crippen LogP contribution in [0.4, 0.5) is 105 Å². The third-order valence-corrected chi connectivity index (χ3v) is 6.70. The summed E-state index contributed by atoms with van der Waals surface area (Å²) in [6, 6.07) is -3.04. The van der Waals surface area contributed by atoms with E-state index in [1.54, 1.807) is 0 Å². The van der Waals surface area contributed by atoms with Crippen LogP contribution in [0, 0.1) is 0 Å². The normalized spacial score (nSPS) is 15.3. The maximum Gasteiger partial charge on any atom is 0.430 e. The van der Waals surface area contributed by atoms with Crippen LogP contribution in [0.1, 0.15) is 22.3 Å². The molecule has 2 aromatic rings. The second-order valence-electron chi connectivity index (χ2n) is 9.98. The van der Waals surface area contributed by atoms with Crippen LogP contribution in [0.3, 0.4) is 0 Å². The summed E-state index contributed by atoms with van der Waals surface area (Å²) in [4.78, 5) is 0. The van der Waals surface area contributed by atoms with E-state index in [0.717, 1.165) is 0 Å². The predicted octanol–water partition coefficient (Wildman–Crippen LogP) is 8.62. The first-order chi connectivity index (χ1) is 22.4. The largest absolute Gasteiger partial charge is 0.430 e. The number of rotatable bonds is 4.